The number of benzene rings is 2. The molecular formula is C18H13Cl3F5N3O. The van der Waals surface area contributed by atoms with Gasteiger partial charge >= 0.3 is 0 Å². The number of carbonyl (C=O) groups excluding carboxylic acids is 1. The number of hydrogen-bond donors (Lipinski definition) is 1. The molecule has 0 aromatic heterocycles. The third kappa shape index (κ3) is 4.53. The Kier molecular flexibility index (Phi) is 6.54. The molecule has 30 heavy (non-hydrogen) atoms. The van der Waals surface area contributed by atoms with Crippen LogP contribution in [0.5, 0.6) is 0 Å². The van der Waals surface area contributed by atoms with Crippen LogP contribution in [0.2, 0.25) is 0 Å². The molecule has 2 aromatic carbocycles. The molecule has 0 bridgehead atoms. The zero-order chi connectivity index (χ0) is 22.2. The second-order valence-corrected chi connectivity index (χ2v) is 8.67. The van der Waals surface area contributed by atoms with Crippen LogP contribution in [0.15, 0.2) is 24.3 Å². The van der Waals surface area contributed by atoms with Gasteiger partial charge in [0.05, 0.1) is 0 Å². The predicted octanol–water partition coefficient (Wildman–Crippen LogP) is 5.02. The van der Waals surface area contributed by atoms with E-state index in [1.807, 2.05) is 4.90 Å². The Balaban J connectivity index is 1.69. The van der Waals surface area contributed by atoms with E-state index >= 15 is 0 Å². The third-order valence-electron chi connectivity index (χ3n) is 4.53. The van der Waals surface area contributed by atoms with Crippen molar-refractivity contribution in [2.75, 3.05) is 41.3 Å². The number of alkyl halides is 3. The number of halogens is 8. The van der Waals surface area contributed by atoms with Crippen molar-refractivity contribution in [3.8, 4) is 0 Å². The topological polar surface area (TPSA) is 35.6 Å². The number of rotatable bonds is 3. The van der Waals surface area contributed by atoms with Gasteiger partial charge < -0.3 is 15.1 Å². The lowest BCUT2D eigenvalue weighted by molar-refractivity contribution is -0.115. The van der Waals surface area contributed by atoms with Gasteiger partial charge in [-0.15, -0.1) is 0 Å². The summed E-state index contributed by atoms with van der Waals surface area (Å²) >= 11 is 16.5. The molecule has 1 fully saturated rings. The highest BCUT2D eigenvalue weighted by molar-refractivity contribution is 6.76. The van der Waals surface area contributed by atoms with E-state index in [0.717, 1.165) is 10.6 Å². The smallest absolute Gasteiger partial charge is 0.276 e. The van der Waals surface area contributed by atoms with Crippen LogP contribution in [-0.2, 0) is 4.79 Å². The molecule has 1 saturated heterocycles. The Labute approximate surface area is 183 Å². The van der Waals surface area contributed by atoms with Crippen LogP contribution < -0.4 is 15.1 Å². The first-order valence-electron chi connectivity index (χ1n) is 8.50. The monoisotopic (exact) mass is 487 g/mol. The largest absolute Gasteiger partial charge is 0.368 e. The number of amides is 1. The van der Waals surface area contributed by atoms with Crippen LogP contribution in [0.25, 0.3) is 0 Å². The van der Waals surface area contributed by atoms with Gasteiger partial charge in [0.15, 0.2) is 23.3 Å². The van der Waals surface area contributed by atoms with Crippen molar-refractivity contribution in [2.45, 2.75) is 3.79 Å². The average molecular weight is 489 g/mol. The molecule has 2 aromatic rings. The molecule has 0 radical (unpaired) electrons. The number of carbonyl (C=O) groups is 1. The Hall–Kier alpha value is -1.97. The lowest BCUT2D eigenvalue weighted by Crippen LogP contribution is -2.47. The molecule has 1 heterocycles. The maximum absolute atomic E-state index is 14.0. The van der Waals surface area contributed by atoms with E-state index in [1.54, 1.807) is 24.3 Å². The van der Waals surface area contributed by atoms with Gasteiger partial charge in [-0.05, 0) is 24.3 Å². The van der Waals surface area contributed by atoms with Gasteiger partial charge in [0.2, 0.25) is 5.82 Å². The molecule has 3 rings (SSSR count). The number of piperazine rings is 1. The zero-order valence-corrected chi connectivity index (χ0v) is 17.2. The van der Waals surface area contributed by atoms with E-state index in [2.05, 4.69) is 5.32 Å². The molecule has 12 heteroatoms. The van der Waals surface area contributed by atoms with Crippen LogP contribution in [0, 0.1) is 29.1 Å². The predicted molar refractivity (Wildman–Crippen MR) is 106 cm³/mol. The summed E-state index contributed by atoms with van der Waals surface area (Å²) in [6, 6.07) is 6.48. The molecule has 0 atom stereocenters. The summed E-state index contributed by atoms with van der Waals surface area (Å²) in [5.41, 5.74) is 0.171. The molecule has 1 amide bonds. The molecule has 0 unspecified atom stereocenters. The fourth-order valence-electron chi connectivity index (χ4n) is 3.02. The molecular weight excluding hydrogens is 476 g/mol. The minimum absolute atomic E-state index is 0.0318. The van der Waals surface area contributed by atoms with Gasteiger partial charge in [-0.2, -0.15) is 0 Å². The van der Waals surface area contributed by atoms with Crippen LogP contribution >= 0.6 is 34.8 Å². The first-order valence-corrected chi connectivity index (χ1v) is 9.63. The summed E-state index contributed by atoms with van der Waals surface area (Å²) in [5, 5.41) is 2.42. The molecule has 1 aliphatic heterocycles. The fraction of sp³-hybridized carbons (Fsp3) is 0.278. The maximum Gasteiger partial charge on any atom is 0.276 e. The van der Waals surface area contributed by atoms with E-state index in [-0.39, 0.29) is 26.2 Å². The molecule has 1 aliphatic rings. The summed E-state index contributed by atoms with van der Waals surface area (Å²) in [7, 11) is 0. The summed E-state index contributed by atoms with van der Waals surface area (Å²) in [4.78, 5) is 14.6. The van der Waals surface area contributed by atoms with Crippen LogP contribution in [0.3, 0.4) is 0 Å². The Morgan fingerprint density at radius 3 is 1.67 bits per heavy atom. The number of anilines is 3. The van der Waals surface area contributed by atoms with Crippen LogP contribution in [0.1, 0.15) is 0 Å². The lowest BCUT2D eigenvalue weighted by atomic mass is 10.2. The highest BCUT2D eigenvalue weighted by atomic mass is 35.6. The third-order valence-corrected chi connectivity index (χ3v) is 5.05. The molecule has 162 valence electrons. The van der Waals surface area contributed by atoms with Crippen LogP contribution in [-0.4, -0.2) is 35.9 Å². The van der Waals surface area contributed by atoms with Crippen molar-refractivity contribution >= 4 is 57.8 Å². The number of hydrogen-bond acceptors (Lipinski definition) is 3. The number of nitrogens with one attached hydrogen (secondary N) is 1. The van der Waals surface area contributed by atoms with Crippen LogP contribution in [0.4, 0.5) is 39.0 Å². The minimum atomic E-state index is -2.19. The molecule has 4 nitrogen and oxygen atoms in total. The van der Waals surface area contributed by atoms with E-state index < -0.39 is 44.5 Å². The van der Waals surface area contributed by atoms with Gasteiger partial charge in [-0.1, -0.05) is 34.8 Å². The number of nitrogens with zero attached hydrogens (tertiary/aromatic N) is 2. The van der Waals surface area contributed by atoms with Gasteiger partial charge in [-0.3, -0.25) is 4.79 Å². The summed E-state index contributed by atoms with van der Waals surface area (Å²) < 4.78 is 66.0. The van der Waals surface area contributed by atoms with Gasteiger partial charge in [0.1, 0.15) is 5.69 Å². The molecule has 0 saturated carbocycles. The van der Waals surface area contributed by atoms with Gasteiger partial charge in [0.25, 0.3) is 9.70 Å². The normalized spacial score (nSPS) is 14.8. The van der Waals surface area contributed by atoms with Crippen molar-refractivity contribution in [1.82, 2.24) is 0 Å². The highest BCUT2D eigenvalue weighted by Crippen LogP contribution is 2.32. The summed E-state index contributed by atoms with van der Waals surface area (Å²) in [6.07, 6.45) is 0. The maximum atomic E-state index is 14.0. The van der Waals surface area contributed by atoms with Gasteiger partial charge in [0, 0.05) is 37.6 Å². The quantitative estimate of drug-likeness (QED) is 0.285. The average Bonchev–Trinajstić information content (AvgIpc) is 2.71. The Morgan fingerprint density at radius 2 is 1.20 bits per heavy atom. The van der Waals surface area contributed by atoms with Crippen molar-refractivity contribution in [3.63, 3.8) is 0 Å². The second-order valence-electron chi connectivity index (χ2n) is 6.39. The standard InChI is InChI=1S/C18H13Cl3F5N3O/c19-18(20,21)17(30)27-9-1-3-10(4-2-9)28-5-7-29(8-6-28)16-14(25)12(23)11(22)13(24)15(16)26/h1-4H,5-8H2,(H,27,30). The molecule has 0 spiro atoms. The summed E-state index contributed by atoms with van der Waals surface area (Å²) in [5.74, 6) is -10.7. The van der Waals surface area contributed by atoms with Crippen molar-refractivity contribution in [2.24, 2.45) is 0 Å². The van der Waals surface area contributed by atoms with Gasteiger partial charge in [-0.25, -0.2) is 22.0 Å². The second kappa shape index (κ2) is 8.64. The van der Waals surface area contributed by atoms with Crippen molar-refractivity contribution in [1.29, 1.82) is 0 Å². The minimum Gasteiger partial charge on any atom is -0.368 e. The lowest BCUT2D eigenvalue weighted by Gasteiger charge is -2.37. The SMILES string of the molecule is O=C(Nc1ccc(N2CCN(c3c(F)c(F)c(F)c(F)c3F)CC2)cc1)C(Cl)(Cl)Cl. The fourth-order valence-corrected chi connectivity index (χ4v) is 3.16. The Bertz CT molecular complexity index is 932. The highest BCUT2D eigenvalue weighted by Gasteiger charge is 2.32. The first kappa shape index (κ1) is 22.7. The van der Waals surface area contributed by atoms with E-state index in [4.69, 9.17) is 34.8 Å². The van der Waals surface area contributed by atoms with E-state index in [9.17, 15) is 26.7 Å². The zero-order valence-electron chi connectivity index (χ0n) is 15.0. The van der Waals surface area contributed by atoms with Crippen molar-refractivity contribution in [3.05, 3.63) is 53.4 Å². The first-order chi connectivity index (χ1) is 14.0. The Morgan fingerprint density at radius 1 is 0.767 bits per heavy atom. The van der Waals surface area contributed by atoms with E-state index in [1.165, 1.54) is 0 Å². The molecule has 1 N–H and O–H groups in total. The van der Waals surface area contributed by atoms with E-state index in [0.29, 0.717) is 5.69 Å². The molecule has 0 aliphatic carbocycles. The summed E-state index contributed by atoms with van der Waals surface area (Å²) in [6.45, 7) is 0.590. The van der Waals surface area contributed by atoms with Crippen molar-refractivity contribution < 1.29 is 26.7 Å².